The fourth-order valence-electron chi connectivity index (χ4n) is 4.17. The maximum absolute atomic E-state index is 12.0. The van der Waals surface area contributed by atoms with Crippen LogP contribution in [-0.4, -0.2) is 34.5 Å². The maximum atomic E-state index is 12.0. The Balaban J connectivity index is 1.18. The zero-order chi connectivity index (χ0) is 24.5. The van der Waals surface area contributed by atoms with Crippen LogP contribution in [0.3, 0.4) is 0 Å². The van der Waals surface area contributed by atoms with Gasteiger partial charge in [-0.15, -0.1) is 0 Å². The molecule has 0 aliphatic heterocycles. The molecule has 0 aliphatic carbocycles. The van der Waals surface area contributed by atoms with Crippen molar-refractivity contribution in [1.82, 2.24) is 34.5 Å². The van der Waals surface area contributed by atoms with Crippen LogP contribution in [0.2, 0.25) is 5.02 Å². The molecule has 36 heavy (non-hydrogen) atoms. The minimum absolute atomic E-state index is 0.0140. The molecule has 0 aliphatic rings. The summed E-state index contributed by atoms with van der Waals surface area (Å²) in [4.78, 5) is 20.7. The maximum Gasteiger partial charge on any atom is 0.250 e. The van der Waals surface area contributed by atoms with Crippen LogP contribution in [0, 0.1) is 0 Å². The first-order chi connectivity index (χ1) is 17.6. The van der Waals surface area contributed by atoms with Crippen LogP contribution in [0.4, 0.5) is 5.82 Å². The summed E-state index contributed by atoms with van der Waals surface area (Å²) < 4.78 is 3.54. The minimum atomic E-state index is -0.0140. The molecule has 6 aromatic rings. The van der Waals surface area contributed by atoms with E-state index in [-0.39, 0.29) is 5.56 Å². The number of benzene rings is 2. The number of hydrogen-bond donors (Lipinski definition) is 2. The number of nitrogens with one attached hydrogen (secondary N) is 2. The smallest absolute Gasteiger partial charge is 0.250 e. The molecule has 2 N–H and O–H groups in total. The van der Waals surface area contributed by atoms with Gasteiger partial charge in [-0.3, -0.25) is 14.6 Å². The summed E-state index contributed by atoms with van der Waals surface area (Å²) in [5.41, 5.74) is 4.53. The fraction of sp³-hybridized carbons (Fsp3) is 0.115. The van der Waals surface area contributed by atoms with Crippen LogP contribution in [-0.2, 0) is 19.6 Å². The third-order valence-electron chi connectivity index (χ3n) is 6.01. The van der Waals surface area contributed by atoms with Crippen molar-refractivity contribution in [3.05, 3.63) is 112 Å². The lowest BCUT2D eigenvalue weighted by atomic mass is 10.1. The largest absolute Gasteiger partial charge is 0.364 e. The summed E-state index contributed by atoms with van der Waals surface area (Å²) in [6.45, 7) is 1.62. The Morgan fingerprint density at radius 1 is 0.944 bits per heavy atom. The second kappa shape index (κ2) is 9.27. The average Bonchev–Trinajstić information content (AvgIpc) is 3.49. The number of nitrogens with zero attached hydrogens (tertiary/aromatic N) is 6. The predicted molar refractivity (Wildman–Crippen MR) is 139 cm³/mol. The van der Waals surface area contributed by atoms with Crippen LogP contribution >= 0.6 is 11.6 Å². The second-order valence-corrected chi connectivity index (χ2v) is 8.92. The fourth-order valence-corrected chi connectivity index (χ4v) is 4.35. The lowest BCUT2D eigenvalue weighted by Gasteiger charge is -2.07. The average molecular weight is 497 g/mol. The summed E-state index contributed by atoms with van der Waals surface area (Å²) >= 11 is 6.16. The van der Waals surface area contributed by atoms with Crippen molar-refractivity contribution in [3.63, 3.8) is 0 Å². The summed E-state index contributed by atoms with van der Waals surface area (Å²) in [6.07, 6.45) is 5.24. The first-order valence-electron chi connectivity index (χ1n) is 11.4. The van der Waals surface area contributed by atoms with Crippen molar-refractivity contribution < 1.29 is 0 Å². The van der Waals surface area contributed by atoms with Crippen molar-refractivity contribution in [2.45, 2.75) is 19.6 Å². The Bertz CT molecular complexity index is 1740. The third-order valence-corrected chi connectivity index (χ3v) is 6.25. The molecule has 0 unspecified atom stereocenters. The highest BCUT2D eigenvalue weighted by atomic mass is 35.5. The Hall–Kier alpha value is -4.50. The molecule has 0 bridgehead atoms. The van der Waals surface area contributed by atoms with Crippen molar-refractivity contribution in [3.8, 4) is 0 Å². The number of pyridine rings is 1. The number of aromatic amines is 1. The normalized spacial score (nSPS) is 11.4. The lowest BCUT2D eigenvalue weighted by molar-refractivity contribution is 0.692. The van der Waals surface area contributed by atoms with E-state index in [0.29, 0.717) is 36.1 Å². The highest BCUT2D eigenvalue weighted by Gasteiger charge is 2.11. The first-order valence-corrected chi connectivity index (χ1v) is 11.8. The van der Waals surface area contributed by atoms with E-state index in [1.54, 1.807) is 22.9 Å². The van der Waals surface area contributed by atoms with Gasteiger partial charge in [0.05, 0.1) is 36.2 Å². The van der Waals surface area contributed by atoms with E-state index >= 15 is 0 Å². The van der Waals surface area contributed by atoms with E-state index in [4.69, 9.17) is 11.6 Å². The van der Waals surface area contributed by atoms with Gasteiger partial charge in [-0.25, -0.2) is 9.97 Å². The van der Waals surface area contributed by atoms with Crippen LogP contribution in [0.5, 0.6) is 0 Å². The van der Waals surface area contributed by atoms with Crippen molar-refractivity contribution in [2.24, 2.45) is 0 Å². The van der Waals surface area contributed by atoms with Crippen LogP contribution in [0.1, 0.15) is 16.8 Å². The van der Waals surface area contributed by atoms with E-state index in [9.17, 15) is 4.79 Å². The summed E-state index contributed by atoms with van der Waals surface area (Å²) in [5.74, 6) is 0.694. The molecular formula is C26H21ClN8O. The molecule has 0 spiro atoms. The quantitative estimate of drug-likeness (QED) is 0.342. The van der Waals surface area contributed by atoms with Gasteiger partial charge in [-0.1, -0.05) is 41.9 Å². The first kappa shape index (κ1) is 22.0. The Morgan fingerprint density at radius 2 is 1.78 bits per heavy atom. The molecule has 2 aromatic carbocycles. The van der Waals surface area contributed by atoms with E-state index in [2.05, 4.69) is 42.7 Å². The minimum Gasteiger partial charge on any atom is -0.364 e. The van der Waals surface area contributed by atoms with Crippen molar-refractivity contribution >= 4 is 39.4 Å². The number of anilines is 1. The number of fused-ring (bicyclic) bond motifs is 2. The standard InChI is InChI=1S/C26H21ClN8O/c27-19-8-9-22-20(11-19)23(32-31-22)12-28-25-21-15-35(33-26(21)30-16-29-25)14-18-6-4-17(5-7-18)13-34-10-2-1-3-24(34)36/h1-11,15-16H,12-14H2,(H,31,32)(H,28,29,30,33). The zero-order valence-corrected chi connectivity index (χ0v) is 19.9. The number of H-pyrrole nitrogens is 1. The molecule has 0 radical (unpaired) electrons. The second-order valence-electron chi connectivity index (χ2n) is 8.49. The van der Waals surface area contributed by atoms with Crippen molar-refractivity contribution in [1.29, 1.82) is 0 Å². The molecular weight excluding hydrogens is 476 g/mol. The van der Waals surface area contributed by atoms with Crippen molar-refractivity contribution in [2.75, 3.05) is 5.32 Å². The number of halogens is 1. The van der Waals surface area contributed by atoms with Gasteiger partial charge in [0, 0.05) is 28.9 Å². The van der Waals surface area contributed by atoms with Gasteiger partial charge in [0.25, 0.3) is 5.56 Å². The Labute approximate surface area is 210 Å². The Morgan fingerprint density at radius 3 is 2.61 bits per heavy atom. The van der Waals surface area contributed by atoms with Gasteiger partial charge in [-0.2, -0.15) is 10.2 Å². The molecule has 178 valence electrons. The molecule has 0 atom stereocenters. The van der Waals surface area contributed by atoms with Crippen LogP contribution in [0.25, 0.3) is 21.9 Å². The molecule has 10 heteroatoms. The summed E-state index contributed by atoms with van der Waals surface area (Å²) in [6, 6.07) is 18.9. The van der Waals surface area contributed by atoms with Gasteiger partial charge in [0.15, 0.2) is 5.65 Å². The van der Waals surface area contributed by atoms with Gasteiger partial charge < -0.3 is 9.88 Å². The SMILES string of the molecule is O=c1ccccn1Cc1ccc(Cn2cc3c(NCc4[nH]nc5ccc(Cl)cc45)ncnc3n2)cc1. The lowest BCUT2D eigenvalue weighted by Crippen LogP contribution is -2.18. The number of aromatic nitrogens is 7. The van der Waals surface area contributed by atoms with Gasteiger partial charge in [-0.05, 0) is 35.4 Å². The summed E-state index contributed by atoms with van der Waals surface area (Å²) in [5, 5.41) is 17.8. The number of rotatable bonds is 7. The highest BCUT2D eigenvalue weighted by Crippen LogP contribution is 2.23. The van der Waals surface area contributed by atoms with Gasteiger partial charge >= 0.3 is 0 Å². The topological polar surface area (TPSA) is 106 Å². The van der Waals surface area contributed by atoms with Crippen LogP contribution < -0.4 is 10.9 Å². The molecule has 0 saturated carbocycles. The monoisotopic (exact) mass is 496 g/mol. The molecule has 0 amide bonds. The predicted octanol–water partition coefficient (Wildman–Crippen LogP) is 4.23. The van der Waals surface area contributed by atoms with E-state index in [1.807, 2.05) is 47.3 Å². The molecule has 9 nitrogen and oxygen atoms in total. The number of hydrogen-bond acceptors (Lipinski definition) is 6. The van der Waals surface area contributed by atoms with E-state index in [0.717, 1.165) is 33.1 Å². The Kier molecular flexibility index (Phi) is 5.67. The van der Waals surface area contributed by atoms with E-state index in [1.165, 1.54) is 6.33 Å². The molecule has 0 fully saturated rings. The van der Waals surface area contributed by atoms with Gasteiger partial charge in [0.1, 0.15) is 12.1 Å². The molecule has 4 aromatic heterocycles. The summed E-state index contributed by atoms with van der Waals surface area (Å²) in [7, 11) is 0. The van der Waals surface area contributed by atoms with Gasteiger partial charge in [0.2, 0.25) is 0 Å². The van der Waals surface area contributed by atoms with E-state index < -0.39 is 0 Å². The zero-order valence-electron chi connectivity index (χ0n) is 19.1. The molecule has 0 saturated heterocycles. The van der Waals surface area contributed by atoms with Crippen LogP contribution in [0.15, 0.2) is 84.2 Å². The molecule has 6 rings (SSSR count). The highest BCUT2D eigenvalue weighted by molar-refractivity contribution is 6.31. The molecule has 4 heterocycles. The third kappa shape index (κ3) is 4.44.